The number of ether oxygens (including phenoxy) is 2. The molecule has 0 radical (unpaired) electrons. The Morgan fingerprint density at radius 1 is 1.56 bits per heavy atom. The van der Waals surface area contributed by atoms with Crippen molar-refractivity contribution in [3.8, 4) is 0 Å². The van der Waals surface area contributed by atoms with E-state index in [2.05, 4.69) is 10.0 Å². The van der Waals surface area contributed by atoms with Gasteiger partial charge in [0.05, 0.1) is 6.54 Å². The zero-order valence-corrected chi connectivity index (χ0v) is 5.44. The Balaban J connectivity index is 3.42. The van der Waals surface area contributed by atoms with Gasteiger partial charge in [0, 0.05) is 19.1 Å². The van der Waals surface area contributed by atoms with Gasteiger partial charge in [-0.25, -0.2) is 0 Å². The van der Waals surface area contributed by atoms with Crippen LogP contribution in [0.25, 0.3) is 10.4 Å². The Labute approximate surface area is 53.2 Å². The molecule has 5 heteroatoms. The maximum atomic E-state index is 7.85. The van der Waals surface area contributed by atoms with Crippen LogP contribution in [0.1, 0.15) is 0 Å². The normalized spacial score (nSPS) is 9.22. The van der Waals surface area contributed by atoms with E-state index in [1.807, 2.05) is 0 Å². The van der Waals surface area contributed by atoms with Gasteiger partial charge >= 0.3 is 0 Å². The molecule has 0 saturated carbocycles. The van der Waals surface area contributed by atoms with Crippen LogP contribution in [0.2, 0.25) is 0 Å². The molecule has 0 heterocycles. The van der Waals surface area contributed by atoms with Gasteiger partial charge in [-0.2, -0.15) is 0 Å². The number of nitrogens with zero attached hydrogens (tertiary/aromatic N) is 3. The topological polar surface area (TPSA) is 67.2 Å². The Morgan fingerprint density at radius 3 is 2.44 bits per heavy atom. The maximum absolute atomic E-state index is 7.85. The second-order valence-corrected chi connectivity index (χ2v) is 1.31. The highest BCUT2D eigenvalue weighted by Crippen LogP contribution is 1.90. The molecule has 0 aromatic carbocycles. The molecule has 0 fully saturated rings. The molecule has 0 unspecified atom stereocenters. The van der Waals surface area contributed by atoms with Crippen LogP contribution < -0.4 is 0 Å². The van der Waals surface area contributed by atoms with E-state index in [9.17, 15) is 0 Å². The molecule has 0 aromatic heterocycles. The van der Waals surface area contributed by atoms with Gasteiger partial charge in [-0.1, -0.05) is 5.11 Å². The first-order valence-electron chi connectivity index (χ1n) is 2.41. The first-order valence-corrected chi connectivity index (χ1v) is 2.41. The molecule has 0 amide bonds. The molecule has 0 aliphatic heterocycles. The zero-order chi connectivity index (χ0) is 7.11. The SMILES string of the molecule is COC(CN=[N+]=[N-])OC. The smallest absolute Gasteiger partial charge is 0.162 e. The van der Waals surface area contributed by atoms with Crippen molar-refractivity contribution < 1.29 is 9.47 Å². The summed E-state index contributed by atoms with van der Waals surface area (Å²) in [4.78, 5) is 2.54. The zero-order valence-electron chi connectivity index (χ0n) is 5.44. The van der Waals surface area contributed by atoms with E-state index in [1.54, 1.807) is 0 Å². The lowest BCUT2D eigenvalue weighted by molar-refractivity contribution is -0.0939. The summed E-state index contributed by atoms with van der Waals surface area (Å²) in [5.74, 6) is 0. The average Bonchev–Trinajstić information content (AvgIpc) is 1.91. The van der Waals surface area contributed by atoms with Gasteiger partial charge in [-0.15, -0.1) is 0 Å². The Kier molecular flexibility index (Phi) is 4.91. The monoisotopic (exact) mass is 131 g/mol. The lowest BCUT2D eigenvalue weighted by Crippen LogP contribution is -2.15. The maximum Gasteiger partial charge on any atom is 0.162 e. The fourth-order valence-corrected chi connectivity index (χ4v) is 0.348. The van der Waals surface area contributed by atoms with Crippen LogP contribution in [0.15, 0.2) is 5.11 Å². The van der Waals surface area contributed by atoms with Crippen LogP contribution in [-0.4, -0.2) is 27.1 Å². The van der Waals surface area contributed by atoms with Gasteiger partial charge in [0.1, 0.15) is 0 Å². The molecule has 9 heavy (non-hydrogen) atoms. The standard InChI is InChI=1S/C4H9N3O2/c1-8-4(9-2)3-6-7-5/h4H,3H2,1-2H3. The second kappa shape index (κ2) is 5.37. The molecule has 0 N–H and O–H groups in total. The van der Waals surface area contributed by atoms with Gasteiger partial charge in [-0.05, 0) is 5.53 Å². The van der Waals surface area contributed by atoms with E-state index in [0.29, 0.717) is 0 Å². The molecule has 0 bridgehead atoms. The minimum atomic E-state index is -0.416. The Hall–Kier alpha value is -0.770. The molecule has 0 atom stereocenters. The van der Waals surface area contributed by atoms with Gasteiger partial charge in [0.25, 0.3) is 0 Å². The molecule has 0 saturated heterocycles. The van der Waals surface area contributed by atoms with Crippen LogP contribution >= 0.6 is 0 Å². The largest absolute Gasteiger partial charge is 0.356 e. The molecule has 0 aliphatic rings. The fraction of sp³-hybridized carbons (Fsp3) is 1.00. The molecular weight excluding hydrogens is 122 g/mol. The van der Waals surface area contributed by atoms with E-state index >= 15 is 0 Å². The first kappa shape index (κ1) is 8.23. The van der Waals surface area contributed by atoms with Gasteiger partial charge in [0.15, 0.2) is 6.29 Å². The second-order valence-electron chi connectivity index (χ2n) is 1.31. The Bertz CT molecular complexity index is 106. The summed E-state index contributed by atoms with van der Waals surface area (Å²) in [7, 11) is 2.97. The van der Waals surface area contributed by atoms with Crippen LogP contribution in [0.4, 0.5) is 0 Å². The van der Waals surface area contributed by atoms with Gasteiger partial charge in [-0.3, -0.25) is 0 Å². The van der Waals surface area contributed by atoms with Crippen molar-refractivity contribution in [2.75, 3.05) is 20.8 Å². The van der Waals surface area contributed by atoms with Crippen molar-refractivity contribution >= 4 is 0 Å². The van der Waals surface area contributed by atoms with E-state index in [4.69, 9.17) is 15.0 Å². The number of methoxy groups -OCH3 is 2. The molecule has 5 nitrogen and oxygen atoms in total. The lowest BCUT2D eigenvalue weighted by atomic mass is 10.6. The fourth-order valence-electron chi connectivity index (χ4n) is 0.348. The first-order chi connectivity index (χ1) is 4.35. The van der Waals surface area contributed by atoms with Crippen LogP contribution in [-0.2, 0) is 9.47 Å². The van der Waals surface area contributed by atoms with Gasteiger partial charge < -0.3 is 9.47 Å². The molecule has 0 aromatic rings. The third-order valence-corrected chi connectivity index (χ3v) is 0.820. The van der Waals surface area contributed by atoms with E-state index in [0.717, 1.165) is 0 Å². The third-order valence-electron chi connectivity index (χ3n) is 0.820. The minimum Gasteiger partial charge on any atom is -0.356 e. The van der Waals surface area contributed by atoms with Crippen LogP contribution in [0.3, 0.4) is 0 Å². The summed E-state index contributed by atoms with van der Waals surface area (Å²) in [5, 5.41) is 3.24. The van der Waals surface area contributed by atoms with E-state index in [1.165, 1.54) is 14.2 Å². The van der Waals surface area contributed by atoms with Crippen molar-refractivity contribution in [2.45, 2.75) is 6.29 Å². The summed E-state index contributed by atoms with van der Waals surface area (Å²) in [6.07, 6.45) is -0.416. The highest BCUT2D eigenvalue weighted by Gasteiger charge is 1.99. The summed E-state index contributed by atoms with van der Waals surface area (Å²) < 4.78 is 9.43. The minimum absolute atomic E-state index is 0.212. The quantitative estimate of drug-likeness (QED) is 0.246. The predicted octanol–water partition coefficient (Wildman–Crippen LogP) is 0.916. The predicted molar refractivity (Wildman–Crippen MR) is 31.8 cm³/mol. The number of rotatable bonds is 4. The van der Waals surface area contributed by atoms with E-state index in [-0.39, 0.29) is 6.54 Å². The van der Waals surface area contributed by atoms with Crippen molar-refractivity contribution in [3.63, 3.8) is 0 Å². The van der Waals surface area contributed by atoms with Crippen molar-refractivity contribution in [2.24, 2.45) is 5.11 Å². The van der Waals surface area contributed by atoms with Crippen molar-refractivity contribution in [1.82, 2.24) is 0 Å². The summed E-state index contributed by atoms with van der Waals surface area (Å²) in [5.41, 5.74) is 7.85. The van der Waals surface area contributed by atoms with Crippen molar-refractivity contribution in [1.29, 1.82) is 0 Å². The molecule has 0 spiro atoms. The molecule has 0 rings (SSSR count). The summed E-state index contributed by atoms with van der Waals surface area (Å²) in [6, 6.07) is 0. The molecule has 52 valence electrons. The van der Waals surface area contributed by atoms with E-state index < -0.39 is 6.29 Å². The number of hydrogen-bond donors (Lipinski definition) is 0. The van der Waals surface area contributed by atoms with Crippen molar-refractivity contribution in [3.05, 3.63) is 10.4 Å². The Morgan fingerprint density at radius 2 is 2.11 bits per heavy atom. The highest BCUT2D eigenvalue weighted by molar-refractivity contribution is 4.48. The lowest BCUT2D eigenvalue weighted by Gasteiger charge is -2.08. The molecule has 0 aliphatic carbocycles. The highest BCUT2D eigenvalue weighted by atomic mass is 16.7. The summed E-state index contributed by atoms with van der Waals surface area (Å²) >= 11 is 0. The number of azide groups is 1. The number of hydrogen-bond acceptors (Lipinski definition) is 3. The van der Waals surface area contributed by atoms with Crippen LogP contribution in [0.5, 0.6) is 0 Å². The summed E-state index contributed by atoms with van der Waals surface area (Å²) in [6.45, 7) is 0.212. The van der Waals surface area contributed by atoms with Gasteiger partial charge in [0.2, 0.25) is 0 Å². The third kappa shape index (κ3) is 3.78. The average molecular weight is 131 g/mol. The van der Waals surface area contributed by atoms with Crippen LogP contribution in [0, 0.1) is 0 Å². The molecular formula is C4H9N3O2.